The van der Waals surface area contributed by atoms with Crippen LogP contribution in [-0.2, 0) is 9.47 Å². The smallest absolute Gasteiger partial charge is 0.133 e. The summed E-state index contributed by atoms with van der Waals surface area (Å²) in [5, 5.41) is 11.5. The summed E-state index contributed by atoms with van der Waals surface area (Å²) in [4.78, 5) is 0. The highest BCUT2D eigenvalue weighted by atomic mass is 79.9. The summed E-state index contributed by atoms with van der Waals surface area (Å²) < 4.78 is 24.7. The zero-order valence-corrected chi connectivity index (χ0v) is 30.0. The number of methoxy groups -OCH3 is 2. The number of halogens is 2. The number of ether oxygens (including phenoxy) is 4. The summed E-state index contributed by atoms with van der Waals surface area (Å²) in [5.74, 6) is 2.59. The molecule has 2 heterocycles. The molecule has 0 amide bonds. The van der Waals surface area contributed by atoms with Gasteiger partial charge in [-0.3, -0.25) is 0 Å². The van der Waals surface area contributed by atoms with E-state index in [4.69, 9.17) is 18.9 Å². The van der Waals surface area contributed by atoms with Crippen LogP contribution in [0.1, 0.15) is 86.5 Å². The molecule has 1 N–H and O–H groups in total. The highest BCUT2D eigenvalue weighted by Gasteiger charge is 2.62. The van der Waals surface area contributed by atoms with E-state index >= 15 is 0 Å². The van der Waals surface area contributed by atoms with Gasteiger partial charge in [-0.1, -0.05) is 75.3 Å². The first-order valence-corrected chi connectivity index (χ1v) is 15.7. The average molecular weight is 697 g/mol. The van der Waals surface area contributed by atoms with Crippen molar-refractivity contribution in [2.75, 3.05) is 27.4 Å². The molecule has 2 atom stereocenters. The molecule has 7 heteroatoms. The van der Waals surface area contributed by atoms with E-state index in [1.54, 1.807) is 14.2 Å². The summed E-state index contributed by atoms with van der Waals surface area (Å²) in [6.07, 6.45) is -0.366. The molecule has 2 aromatic rings. The van der Waals surface area contributed by atoms with Crippen LogP contribution in [0.15, 0.2) is 50.9 Å². The Morgan fingerprint density at radius 3 is 1.88 bits per heavy atom. The molecule has 0 saturated carbocycles. The summed E-state index contributed by atoms with van der Waals surface area (Å²) in [5.41, 5.74) is 1.95. The van der Waals surface area contributed by atoms with Gasteiger partial charge in [0.1, 0.15) is 29.0 Å². The van der Waals surface area contributed by atoms with Gasteiger partial charge in [-0.2, -0.15) is 0 Å². The van der Waals surface area contributed by atoms with E-state index in [0.29, 0.717) is 6.61 Å². The molecule has 0 bridgehead atoms. The van der Waals surface area contributed by atoms with Crippen LogP contribution in [-0.4, -0.2) is 38.1 Å². The van der Waals surface area contributed by atoms with Gasteiger partial charge in [0.05, 0.1) is 36.4 Å². The second-order valence-electron chi connectivity index (χ2n) is 14.5. The lowest BCUT2D eigenvalue weighted by Gasteiger charge is -2.48. The third-order valence-corrected chi connectivity index (χ3v) is 9.60. The molecule has 1 fully saturated rings. The topological polar surface area (TPSA) is 57.2 Å². The van der Waals surface area contributed by atoms with Crippen LogP contribution in [0.2, 0.25) is 0 Å². The lowest BCUT2D eigenvalue weighted by molar-refractivity contribution is -0.149. The molecule has 2 aromatic carbocycles. The van der Waals surface area contributed by atoms with E-state index in [1.807, 2.05) is 30.3 Å². The predicted octanol–water partition coefficient (Wildman–Crippen LogP) is 9.60. The van der Waals surface area contributed by atoms with Crippen molar-refractivity contribution in [1.29, 1.82) is 0 Å². The number of hydrogen-bond acceptors (Lipinski definition) is 5. The molecule has 0 spiro atoms. The first-order valence-electron chi connectivity index (χ1n) is 14.1. The molecule has 0 aromatic heterocycles. The molecule has 41 heavy (non-hydrogen) atoms. The molecule has 228 valence electrons. The van der Waals surface area contributed by atoms with Gasteiger partial charge >= 0.3 is 0 Å². The Morgan fingerprint density at radius 2 is 1.37 bits per heavy atom. The maximum Gasteiger partial charge on any atom is 0.133 e. The van der Waals surface area contributed by atoms with Crippen molar-refractivity contribution < 1.29 is 24.1 Å². The molecule has 2 unspecified atom stereocenters. The van der Waals surface area contributed by atoms with E-state index < -0.39 is 5.60 Å². The fraction of sp³-hybridized carbons (Fsp3) is 0.588. The molecule has 2 aliphatic heterocycles. The summed E-state index contributed by atoms with van der Waals surface area (Å²) in [6.45, 7) is 22.8. The van der Waals surface area contributed by atoms with Crippen LogP contribution in [0.4, 0.5) is 0 Å². The average Bonchev–Trinajstić information content (AvgIpc) is 3.32. The Hall–Kier alpha value is -1.54. The van der Waals surface area contributed by atoms with E-state index in [2.05, 4.69) is 107 Å². The molecule has 2 aliphatic rings. The van der Waals surface area contributed by atoms with Gasteiger partial charge in [0, 0.05) is 16.4 Å². The largest absolute Gasteiger partial charge is 0.496 e. The van der Waals surface area contributed by atoms with Crippen molar-refractivity contribution in [1.82, 2.24) is 0 Å². The van der Waals surface area contributed by atoms with Gasteiger partial charge in [0.2, 0.25) is 0 Å². The van der Waals surface area contributed by atoms with Crippen molar-refractivity contribution in [3.8, 4) is 11.5 Å². The number of benzene rings is 2. The normalized spacial score (nSPS) is 23.5. The van der Waals surface area contributed by atoms with E-state index in [-0.39, 0.29) is 27.8 Å². The third-order valence-electron chi connectivity index (χ3n) is 8.29. The SMILES string of the molecule is COc1cc(C2=C(C(C)(C)C)C(C)(C)CO2)ccc1Br.COc1cc(C2OCC(C)(C)C2(O)C(C)(C)C)ccc1Br. The minimum atomic E-state index is -0.959. The maximum atomic E-state index is 11.5. The van der Waals surface area contributed by atoms with Crippen LogP contribution in [0.5, 0.6) is 11.5 Å². The zero-order valence-electron chi connectivity index (χ0n) is 26.8. The Morgan fingerprint density at radius 1 is 0.829 bits per heavy atom. The lowest BCUT2D eigenvalue weighted by Crippen LogP contribution is -2.54. The Labute approximate surface area is 264 Å². The van der Waals surface area contributed by atoms with Crippen LogP contribution in [0, 0.1) is 21.7 Å². The van der Waals surface area contributed by atoms with Gasteiger partial charge in [-0.05, 0) is 84.2 Å². The zero-order chi connectivity index (χ0) is 31.2. The van der Waals surface area contributed by atoms with E-state index in [1.165, 1.54) is 5.57 Å². The number of aliphatic hydroxyl groups is 1. The van der Waals surface area contributed by atoms with Gasteiger partial charge in [-0.25, -0.2) is 0 Å². The first kappa shape index (κ1) is 34.0. The maximum absolute atomic E-state index is 11.5. The van der Waals surface area contributed by atoms with Crippen molar-refractivity contribution in [2.45, 2.75) is 80.9 Å². The van der Waals surface area contributed by atoms with Crippen LogP contribution < -0.4 is 9.47 Å². The first-order chi connectivity index (χ1) is 18.7. The fourth-order valence-electron chi connectivity index (χ4n) is 6.55. The molecule has 0 radical (unpaired) electrons. The Kier molecular flexibility index (Phi) is 9.82. The standard InChI is InChI=1S/C17H25BrO3.C17H23BrO2/c1-15(2,3)17(19)14(21-10-16(17,4)5)11-7-8-12(18)13(9-11)20-6;1-16(2,3)15-14(20-10-17(15,4)5)11-7-8-12(18)13(9-11)19-6/h7-9,14,19H,10H2,1-6H3;7-9H,10H2,1-6H3. The molecular formula is C34H48Br2O5. The molecular weight excluding hydrogens is 648 g/mol. The van der Waals surface area contributed by atoms with Crippen LogP contribution >= 0.6 is 31.9 Å². The molecule has 0 aliphatic carbocycles. The van der Waals surface area contributed by atoms with Gasteiger partial charge in [-0.15, -0.1) is 0 Å². The number of hydrogen-bond donors (Lipinski definition) is 1. The minimum absolute atomic E-state index is 0.0634. The van der Waals surface area contributed by atoms with E-state index in [9.17, 15) is 5.11 Å². The van der Waals surface area contributed by atoms with Crippen LogP contribution in [0.3, 0.4) is 0 Å². The Bertz CT molecular complexity index is 1280. The van der Waals surface area contributed by atoms with E-state index in [0.717, 1.165) is 43.9 Å². The third kappa shape index (κ3) is 6.53. The molecule has 4 rings (SSSR count). The van der Waals surface area contributed by atoms with Crippen molar-refractivity contribution in [3.05, 3.63) is 62.0 Å². The van der Waals surface area contributed by atoms with Crippen molar-refractivity contribution in [3.63, 3.8) is 0 Å². The second kappa shape index (κ2) is 11.9. The summed E-state index contributed by atoms with van der Waals surface area (Å²) in [7, 11) is 3.32. The minimum Gasteiger partial charge on any atom is -0.496 e. The van der Waals surface area contributed by atoms with Crippen molar-refractivity contribution in [2.24, 2.45) is 21.7 Å². The highest BCUT2D eigenvalue weighted by Crippen LogP contribution is 2.58. The van der Waals surface area contributed by atoms with Gasteiger partial charge in [0.15, 0.2) is 0 Å². The summed E-state index contributed by atoms with van der Waals surface area (Å²) in [6, 6.07) is 12.0. The molecule has 1 saturated heterocycles. The van der Waals surface area contributed by atoms with Gasteiger partial charge in [0.25, 0.3) is 0 Å². The molecule has 5 nitrogen and oxygen atoms in total. The predicted molar refractivity (Wildman–Crippen MR) is 174 cm³/mol. The lowest BCUT2D eigenvalue weighted by atomic mass is 9.60. The Balaban J connectivity index is 0.000000226. The fourth-order valence-corrected chi connectivity index (χ4v) is 7.37. The van der Waals surface area contributed by atoms with Crippen LogP contribution in [0.25, 0.3) is 5.76 Å². The van der Waals surface area contributed by atoms with Crippen molar-refractivity contribution >= 4 is 37.6 Å². The highest BCUT2D eigenvalue weighted by molar-refractivity contribution is 9.10. The summed E-state index contributed by atoms with van der Waals surface area (Å²) >= 11 is 6.96. The monoisotopic (exact) mass is 694 g/mol. The number of rotatable bonds is 4. The second-order valence-corrected chi connectivity index (χ2v) is 16.2. The van der Waals surface area contributed by atoms with Gasteiger partial charge < -0.3 is 24.1 Å². The quantitative estimate of drug-likeness (QED) is 0.345.